The van der Waals surface area contributed by atoms with Gasteiger partial charge in [-0.15, -0.1) is 0 Å². The quantitative estimate of drug-likeness (QED) is 0.850. The lowest BCUT2D eigenvalue weighted by atomic mass is 10.1. The summed E-state index contributed by atoms with van der Waals surface area (Å²) < 4.78 is 4.82. The molecule has 1 aromatic heterocycles. The van der Waals surface area contributed by atoms with E-state index in [2.05, 4.69) is 10.2 Å². The monoisotopic (exact) mass is 258 g/mol. The van der Waals surface area contributed by atoms with E-state index in [1.54, 1.807) is 25.3 Å². The van der Waals surface area contributed by atoms with Crippen molar-refractivity contribution < 1.29 is 9.53 Å². The molecular weight excluding hydrogens is 244 g/mol. The van der Waals surface area contributed by atoms with E-state index < -0.39 is 0 Å². The van der Waals surface area contributed by atoms with Crippen LogP contribution in [0.5, 0.6) is 0 Å². The van der Waals surface area contributed by atoms with E-state index in [4.69, 9.17) is 4.74 Å². The van der Waals surface area contributed by atoms with Gasteiger partial charge in [0.1, 0.15) is 0 Å². The highest BCUT2D eigenvalue weighted by Gasteiger charge is 1.99. The molecule has 0 saturated heterocycles. The molecule has 1 N–H and O–H groups in total. The lowest BCUT2D eigenvalue weighted by molar-refractivity contribution is -0.142. The minimum atomic E-state index is -0.252. The summed E-state index contributed by atoms with van der Waals surface area (Å²) in [6.45, 7) is 2.16. The Bertz CT molecular complexity index is 674. The van der Waals surface area contributed by atoms with Gasteiger partial charge in [0.2, 0.25) is 0 Å². The van der Waals surface area contributed by atoms with Gasteiger partial charge in [0.15, 0.2) is 0 Å². The molecule has 0 radical (unpaired) electrons. The van der Waals surface area contributed by atoms with Crippen LogP contribution in [0, 0.1) is 0 Å². The first-order valence-electron chi connectivity index (χ1n) is 6.00. The van der Waals surface area contributed by atoms with Gasteiger partial charge in [-0.2, -0.15) is 5.10 Å². The summed E-state index contributed by atoms with van der Waals surface area (Å²) in [5.41, 5.74) is 0.698. The highest BCUT2D eigenvalue weighted by Crippen LogP contribution is 2.12. The summed E-state index contributed by atoms with van der Waals surface area (Å²) in [4.78, 5) is 22.6. The van der Waals surface area contributed by atoms with Crippen LogP contribution in [0.25, 0.3) is 16.8 Å². The number of H-pyrrole nitrogens is 1. The highest BCUT2D eigenvalue weighted by molar-refractivity contribution is 5.83. The topological polar surface area (TPSA) is 72.1 Å². The number of hydrogen-bond donors (Lipinski definition) is 1. The van der Waals surface area contributed by atoms with Gasteiger partial charge in [0.05, 0.1) is 24.6 Å². The molecule has 0 aliphatic carbocycles. The van der Waals surface area contributed by atoms with Gasteiger partial charge in [-0.25, -0.2) is 5.10 Å². The fraction of sp³-hybridized carbons (Fsp3) is 0.214. The first-order valence-corrected chi connectivity index (χ1v) is 6.00. The molecule has 0 fully saturated rings. The fourth-order valence-electron chi connectivity index (χ4n) is 1.73. The Balaban J connectivity index is 2.16. The molecule has 98 valence electrons. The molecule has 0 spiro atoms. The van der Waals surface area contributed by atoms with Crippen molar-refractivity contribution in [1.29, 1.82) is 0 Å². The smallest absolute Gasteiger partial charge is 0.309 e. The number of esters is 1. The van der Waals surface area contributed by atoms with E-state index in [-0.39, 0.29) is 17.9 Å². The number of carbonyl (C=O) groups is 1. The fourth-order valence-corrected chi connectivity index (χ4v) is 1.73. The molecule has 5 nitrogen and oxygen atoms in total. The maximum absolute atomic E-state index is 11.5. The van der Waals surface area contributed by atoms with Crippen LogP contribution in [0.2, 0.25) is 0 Å². The van der Waals surface area contributed by atoms with Gasteiger partial charge in [0, 0.05) is 5.39 Å². The van der Waals surface area contributed by atoms with Crippen LogP contribution in [0.3, 0.4) is 0 Å². The van der Waals surface area contributed by atoms with E-state index in [0.29, 0.717) is 12.0 Å². The Morgan fingerprint density at radius 1 is 1.47 bits per heavy atom. The summed E-state index contributed by atoms with van der Waals surface area (Å²) in [6, 6.07) is 5.40. The van der Waals surface area contributed by atoms with Crippen molar-refractivity contribution in [2.24, 2.45) is 0 Å². The molecule has 19 heavy (non-hydrogen) atoms. The van der Waals surface area contributed by atoms with Crippen LogP contribution in [0.1, 0.15) is 18.9 Å². The van der Waals surface area contributed by atoms with Crippen LogP contribution in [0.4, 0.5) is 0 Å². The number of rotatable bonds is 4. The van der Waals surface area contributed by atoms with Crippen molar-refractivity contribution in [2.45, 2.75) is 13.3 Å². The Kier molecular flexibility index (Phi) is 4.07. The molecule has 2 aromatic rings. The molecule has 0 bridgehead atoms. The number of aromatic amines is 1. The van der Waals surface area contributed by atoms with E-state index in [1.165, 1.54) is 0 Å². The van der Waals surface area contributed by atoms with Crippen molar-refractivity contribution in [1.82, 2.24) is 10.2 Å². The summed E-state index contributed by atoms with van der Waals surface area (Å²) in [5.74, 6) is -0.252. The van der Waals surface area contributed by atoms with Crippen LogP contribution in [0.15, 0.2) is 35.3 Å². The predicted octanol–water partition coefficient (Wildman–Crippen LogP) is 1.89. The average molecular weight is 258 g/mol. The summed E-state index contributed by atoms with van der Waals surface area (Å²) in [6.07, 6.45) is 5.39. The van der Waals surface area contributed by atoms with Gasteiger partial charge >= 0.3 is 5.97 Å². The van der Waals surface area contributed by atoms with Gasteiger partial charge in [-0.1, -0.05) is 18.2 Å². The second kappa shape index (κ2) is 5.95. The number of benzene rings is 1. The normalized spacial score (nSPS) is 11.0. The third kappa shape index (κ3) is 3.28. The second-order valence-corrected chi connectivity index (χ2v) is 3.96. The Morgan fingerprint density at radius 2 is 2.32 bits per heavy atom. The summed E-state index contributed by atoms with van der Waals surface area (Å²) in [7, 11) is 0. The van der Waals surface area contributed by atoms with Gasteiger partial charge in [0.25, 0.3) is 5.56 Å². The van der Waals surface area contributed by atoms with Gasteiger partial charge in [-0.05, 0) is 24.6 Å². The Labute approximate surface area is 109 Å². The Hall–Kier alpha value is -2.43. The molecule has 2 rings (SSSR count). The first-order chi connectivity index (χ1) is 9.20. The first kappa shape index (κ1) is 13.0. The van der Waals surface area contributed by atoms with Crippen molar-refractivity contribution in [3.8, 4) is 0 Å². The van der Waals surface area contributed by atoms with Crippen LogP contribution in [-0.2, 0) is 9.53 Å². The highest BCUT2D eigenvalue weighted by atomic mass is 16.5. The summed E-state index contributed by atoms with van der Waals surface area (Å²) in [5, 5.41) is 7.49. The number of nitrogens with zero attached hydrogens (tertiary/aromatic N) is 1. The number of ether oxygens (including phenoxy) is 1. The number of carbonyl (C=O) groups excluding carboxylic acids is 1. The molecule has 0 amide bonds. The van der Waals surface area contributed by atoms with E-state index in [9.17, 15) is 9.59 Å². The van der Waals surface area contributed by atoms with Crippen LogP contribution < -0.4 is 5.56 Å². The lowest BCUT2D eigenvalue weighted by Gasteiger charge is -1.99. The van der Waals surface area contributed by atoms with Crippen molar-refractivity contribution in [2.75, 3.05) is 6.61 Å². The zero-order valence-corrected chi connectivity index (χ0v) is 10.6. The molecular formula is C14H14N2O3. The van der Waals surface area contributed by atoms with Gasteiger partial charge in [-0.3, -0.25) is 9.59 Å². The molecule has 1 aromatic carbocycles. The number of fused-ring (bicyclic) bond motifs is 1. The van der Waals surface area contributed by atoms with Gasteiger partial charge < -0.3 is 4.74 Å². The minimum Gasteiger partial charge on any atom is -0.466 e. The molecule has 0 aliphatic rings. The zero-order valence-electron chi connectivity index (χ0n) is 10.6. The molecule has 1 heterocycles. The van der Waals surface area contributed by atoms with Crippen molar-refractivity contribution in [3.05, 3.63) is 46.4 Å². The van der Waals surface area contributed by atoms with Crippen LogP contribution in [-0.4, -0.2) is 22.8 Å². The van der Waals surface area contributed by atoms with E-state index >= 15 is 0 Å². The zero-order chi connectivity index (χ0) is 13.7. The van der Waals surface area contributed by atoms with Crippen LogP contribution >= 0.6 is 0 Å². The molecule has 0 aliphatic heterocycles. The number of nitrogens with one attached hydrogen (secondary N) is 1. The average Bonchev–Trinajstić information content (AvgIpc) is 2.39. The van der Waals surface area contributed by atoms with Crippen molar-refractivity contribution >= 4 is 22.8 Å². The maximum atomic E-state index is 11.5. The molecule has 0 saturated carbocycles. The second-order valence-electron chi connectivity index (χ2n) is 3.96. The largest absolute Gasteiger partial charge is 0.466 e. The maximum Gasteiger partial charge on any atom is 0.309 e. The predicted molar refractivity (Wildman–Crippen MR) is 72.6 cm³/mol. The summed E-state index contributed by atoms with van der Waals surface area (Å²) >= 11 is 0. The van der Waals surface area contributed by atoms with E-state index in [1.807, 2.05) is 18.2 Å². The Morgan fingerprint density at radius 3 is 3.11 bits per heavy atom. The molecule has 0 atom stereocenters. The number of hydrogen-bond acceptors (Lipinski definition) is 4. The SMILES string of the molecule is CCOC(=O)CC=Cc1ccc2c(=O)[nH]ncc2c1. The number of aromatic nitrogens is 2. The standard InChI is InChI=1S/C14H14N2O3/c1-2-19-13(17)5-3-4-10-6-7-12-11(8-10)9-15-16-14(12)18/h3-4,6-9H,2,5H2,1H3,(H,16,18). The lowest BCUT2D eigenvalue weighted by Crippen LogP contribution is -2.06. The minimum absolute atomic E-state index is 0.209. The van der Waals surface area contributed by atoms with E-state index in [0.717, 1.165) is 10.9 Å². The molecule has 5 heteroatoms. The third-order valence-corrected chi connectivity index (χ3v) is 2.59. The third-order valence-electron chi connectivity index (χ3n) is 2.59. The molecule has 0 unspecified atom stereocenters. The van der Waals surface area contributed by atoms with Crippen molar-refractivity contribution in [3.63, 3.8) is 0 Å².